The van der Waals surface area contributed by atoms with Gasteiger partial charge >= 0.3 is 0 Å². The minimum Gasteiger partial charge on any atom is -0.337 e. The maximum absolute atomic E-state index is 12.3. The Kier molecular flexibility index (Phi) is 4.81. The van der Waals surface area contributed by atoms with Gasteiger partial charge in [-0.3, -0.25) is 9.69 Å². The molecule has 100 valence electrons. The van der Waals surface area contributed by atoms with Crippen LogP contribution in [0.4, 0.5) is 0 Å². The van der Waals surface area contributed by atoms with Crippen molar-refractivity contribution in [2.24, 2.45) is 0 Å². The molecule has 3 nitrogen and oxygen atoms in total. The Labute approximate surface area is 121 Å². The number of carbonyl (C=O) groups excluding carboxylic acids is 1. The molecule has 1 unspecified atom stereocenters. The second-order valence-corrected chi connectivity index (χ2v) is 6.84. The van der Waals surface area contributed by atoms with Crippen LogP contribution in [-0.2, 0) is 0 Å². The van der Waals surface area contributed by atoms with Crippen molar-refractivity contribution in [1.82, 2.24) is 9.80 Å². The van der Waals surface area contributed by atoms with Gasteiger partial charge in [0.25, 0.3) is 5.91 Å². The first-order valence-corrected chi connectivity index (χ1v) is 8.10. The van der Waals surface area contributed by atoms with Crippen LogP contribution < -0.4 is 0 Å². The summed E-state index contributed by atoms with van der Waals surface area (Å²) in [6, 6.07) is 2.45. The number of halogens is 1. The first-order chi connectivity index (χ1) is 8.65. The van der Waals surface area contributed by atoms with Gasteiger partial charge in [0.05, 0.1) is 9.35 Å². The van der Waals surface area contributed by atoms with E-state index in [9.17, 15) is 4.79 Å². The van der Waals surface area contributed by atoms with E-state index in [0.29, 0.717) is 6.04 Å². The molecule has 1 saturated heterocycles. The van der Waals surface area contributed by atoms with E-state index in [0.717, 1.165) is 41.9 Å². The van der Waals surface area contributed by atoms with Crippen molar-refractivity contribution in [2.45, 2.75) is 26.3 Å². The molecule has 0 spiro atoms. The molecule has 0 aromatic carbocycles. The number of hydrogen-bond donors (Lipinski definition) is 0. The first kappa shape index (κ1) is 14.0. The summed E-state index contributed by atoms with van der Waals surface area (Å²) in [5.41, 5.74) is 0.812. The Balaban J connectivity index is 1.98. The third-order valence-corrected chi connectivity index (χ3v) is 5.10. The molecule has 1 aliphatic rings. The van der Waals surface area contributed by atoms with Gasteiger partial charge in [0.15, 0.2) is 0 Å². The van der Waals surface area contributed by atoms with E-state index in [1.165, 1.54) is 0 Å². The first-order valence-electron chi connectivity index (χ1n) is 6.43. The standard InChI is InChI=1S/C13H19BrN2OS/c1-3-15(4-2)11-5-6-16(8-11)13(17)10-7-12(14)18-9-10/h7,9,11H,3-6,8H2,1-2H3. The van der Waals surface area contributed by atoms with Crippen molar-refractivity contribution in [3.63, 3.8) is 0 Å². The number of rotatable bonds is 4. The molecule has 1 fully saturated rings. The van der Waals surface area contributed by atoms with Crippen LogP contribution in [0.15, 0.2) is 15.2 Å². The Bertz CT molecular complexity index is 417. The third-order valence-electron chi connectivity index (χ3n) is 3.59. The van der Waals surface area contributed by atoms with E-state index in [-0.39, 0.29) is 5.91 Å². The van der Waals surface area contributed by atoms with E-state index in [1.54, 1.807) is 11.3 Å². The molecule has 1 aromatic rings. The summed E-state index contributed by atoms with van der Waals surface area (Å²) < 4.78 is 1.02. The molecular formula is C13H19BrN2OS. The fourth-order valence-electron chi connectivity index (χ4n) is 2.57. The molecule has 0 saturated carbocycles. The number of amides is 1. The van der Waals surface area contributed by atoms with Crippen LogP contribution in [0.2, 0.25) is 0 Å². The van der Waals surface area contributed by atoms with Crippen molar-refractivity contribution in [3.05, 3.63) is 20.8 Å². The predicted molar refractivity (Wildman–Crippen MR) is 79.2 cm³/mol. The number of carbonyl (C=O) groups is 1. The van der Waals surface area contributed by atoms with Crippen LogP contribution in [-0.4, -0.2) is 47.9 Å². The topological polar surface area (TPSA) is 23.6 Å². The lowest BCUT2D eigenvalue weighted by atomic mass is 10.2. The maximum Gasteiger partial charge on any atom is 0.254 e. The summed E-state index contributed by atoms with van der Waals surface area (Å²) in [5.74, 6) is 0.173. The number of likely N-dealkylation sites (N-methyl/N-ethyl adjacent to an activating group) is 1. The molecule has 0 radical (unpaired) electrons. The Hall–Kier alpha value is -0.390. The van der Waals surface area contributed by atoms with Crippen molar-refractivity contribution in [3.8, 4) is 0 Å². The highest BCUT2D eigenvalue weighted by molar-refractivity contribution is 9.11. The normalized spacial score (nSPS) is 19.8. The quantitative estimate of drug-likeness (QED) is 0.847. The van der Waals surface area contributed by atoms with Crippen molar-refractivity contribution in [2.75, 3.05) is 26.2 Å². The molecule has 2 rings (SSSR count). The average molecular weight is 331 g/mol. The Morgan fingerprint density at radius 3 is 2.83 bits per heavy atom. The van der Waals surface area contributed by atoms with E-state index < -0.39 is 0 Å². The molecule has 1 aliphatic heterocycles. The van der Waals surface area contributed by atoms with Gasteiger partial charge in [-0.2, -0.15) is 0 Å². The zero-order valence-corrected chi connectivity index (χ0v) is 13.3. The molecule has 0 bridgehead atoms. The second-order valence-electron chi connectivity index (χ2n) is 4.55. The van der Waals surface area contributed by atoms with Gasteiger partial charge in [0, 0.05) is 24.5 Å². The third kappa shape index (κ3) is 2.95. The molecular weight excluding hydrogens is 312 g/mol. The van der Waals surface area contributed by atoms with Gasteiger partial charge in [-0.05, 0) is 41.5 Å². The molecule has 1 atom stereocenters. The van der Waals surface area contributed by atoms with Gasteiger partial charge in [-0.1, -0.05) is 13.8 Å². The van der Waals surface area contributed by atoms with E-state index in [4.69, 9.17) is 0 Å². The van der Waals surface area contributed by atoms with Crippen LogP contribution in [0.25, 0.3) is 0 Å². The SMILES string of the molecule is CCN(CC)C1CCN(C(=O)c2csc(Br)c2)C1. The fraction of sp³-hybridized carbons (Fsp3) is 0.615. The van der Waals surface area contributed by atoms with Crippen molar-refractivity contribution < 1.29 is 4.79 Å². The van der Waals surface area contributed by atoms with Gasteiger partial charge < -0.3 is 4.90 Å². The molecule has 5 heteroatoms. The number of hydrogen-bond acceptors (Lipinski definition) is 3. The highest BCUT2D eigenvalue weighted by atomic mass is 79.9. The van der Waals surface area contributed by atoms with Crippen LogP contribution >= 0.6 is 27.3 Å². The lowest BCUT2D eigenvalue weighted by molar-refractivity contribution is 0.0778. The van der Waals surface area contributed by atoms with Gasteiger partial charge in [0.1, 0.15) is 0 Å². The summed E-state index contributed by atoms with van der Waals surface area (Å²) >= 11 is 4.97. The van der Waals surface area contributed by atoms with Crippen molar-refractivity contribution in [1.29, 1.82) is 0 Å². The zero-order chi connectivity index (χ0) is 13.1. The average Bonchev–Trinajstić information content (AvgIpc) is 2.99. The Morgan fingerprint density at radius 1 is 1.56 bits per heavy atom. The van der Waals surface area contributed by atoms with Gasteiger partial charge in [-0.15, -0.1) is 11.3 Å². The smallest absolute Gasteiger partial charge is 0.254 e. The number of thiophene rings is 1. The lowest BCUT2D eigenvalue weighted by Crippen LogP contribution is -2.38. The zero-order valence-electron chi connectivity index (χ0n) is 10.9. The van der Waals surface area contributed by atoms with Crippen LogP contribution in [0.1, 0.15) is 30.6 Å². The molecule has 0 N–H and O–H groups in total. The lowest BCUT2D eigenvalue weighted by Gasteiger charge is -2.26. The molecule has 1 aromatic heterocycles. The molecule has 1 amide bonds. The highest BCUT2D eigenvalue weighted by Gasteiger charge is 2.29. The summed E-state index contributed by atoms with van der Waals surface area (Å²) in [5, 5.41) is 1.93. The molecule has 0 aliphatic carbocycles. The van der Waals surface area contributed by atoms with Gasteiger partial charge in [-0.25, -0.2) is 0 Å². The summed E-state index contributed by atoms with van der Waals surface area (Å²) in [4.78, 5) is 16.7. The van der Waals surface area contributed by atoms with E-state index in [2.05, 4.69) is 34.7 Å². The minimum absolute atomic E-state index is 0.173. The second kappa shape index (κ2) is 6.17. The molecule has 2 heterocycles. The van der Waals surface area contributed by atoms with Gasteiger partial charge in [0.2, 0.25) is 0 Å². The minimum atomic E-state index is 0.173. The number of likely N-dealkylation sites (tertiary alicyclic amines) is 1. The monoisotopic (exact) mass is 330 g/mol. The number of nitrogens with zero attached hydrogens (tertiary/aromatic N) is 2. The largest absolute Gasteiger partial charge is 0.337 e. The summed E-state index contributed by atoms with van der Waals surface area (Å²) in [6.45, 7) is 8.25. The summed E-state index contributed by atoms with van der Waals surface area (Å²) in [6.07, 6.45) is 1.10. The van der Waals surface area contributed by atoms with Crippen LogP contribution in [0.5, 0.6) is 0 Å². The fourth-order valence-corrected chi connectivity index (χ4v) is 3.70. The summed E-state index contributed by atoms with van der Waals surface area (Å²) in [7, 11) is 0. The van der Waals surface area contributed by atoms with E-state index >= 15 is 0 Å². The van der Waals surface area contributed by atoms with Crippen LogP contribution in [0.3, 0.4) is 0 Å². The highest BCUT2D eigenvalue weighted by Crippen LogP contribution is 2.24. The van der Waals surface area contributed by atoms with Crippen molar-refractivity contribution >= 4 is 33.2 Å². The predicted octanol–water partition coefficient (Wildman–Crippen LogP) is 3.07. The van der Waals surface area contributed by atoms with Crippen LogP contribution in [0, 0.1) is 0 Å². The van der Waals surface area contributed by atoms with E-state index in [1.807, 2.05) is 16.3 Å². The Morgan fingerprint density at radius 2 is 2.28 bits per heavy atom. The molecule has 18 heavy (non-hydrogen) atoms. The maximum atomic E-state index is 12.3.